The smallest absolute Gasteiger partial charge is 0.190 e. The fraction of sp³-hybridized carbons (Fsp3) is 0.429. The van der Waals surface area contributed by atoms with E-state index in [0.717, 1.165) is 15.9 Å². The summed E-state index contributed by atoms with van der Waals surface area (Å²) < 4.78 is 0. The third-order valence-corrected chi connectivity index (χ3v) is 3.01. The molecule has 3 nitrogen and oxygen atoms in total. The van der Waals surface area contributed by atoms with Crippen molar-refractivity contribution in [2.45, 2.75) is 12.1 Å². The molecule has 0 spiro atoms. The van der Waals surface area contributed by atoms with Gasteiger partial charge in [-0.2, -0.15) is 11.8 Å². The van der Waals surface area contributed by atoms with Crippen molar-refractivity contribution in [2.75, 3.05) is 17.1 Å². The quantitative estimate of drug-likeness (QED) is 0.459. The van der Waals surface area contributed by atoms with Crippen LogP contribution in [0.2, 0.25) is 0 Å². The van der Waals surface area contributed by atoms with E-state index >= 15 is 0 Å². The number of anilines is 1. The van der Waals surface area contributed by atoms with Gasteiger partial charge in [0, 0.05) is 16.8 Å². The molecular formula is C7H11N3S2. The van der Waals surface area contributed by atoms with Crippen LogP contribution in [0.5, 0.6) is 0 Å². The summed E-state index contributed by atoms with van der Waals surface area (Å²) in [5.41, 5.74) is 6.48. The van der Waals surface area contributed by atoms with Gasteiger partial charge in [0.05, 0.1) is 0 Å². The second-order valence-corrected chi connectivity index (χ2v) is 4.44. The highest BCUT2D eigenvalue weighted by Gasteiger charge is 1.99. The molecule has 12 heavy (non-hydrogen) atoms. The van der Waals surface area contributed by atoms with Crippen LogP contribution in [0.25, 0.3) is 0 Å². The van der Waals surface area contributed by atoms with E-state index in [1.165, 1.54) is 0 Å². The second-order valence-electron chi connectivity index (χ2n) is 2.27. The van der Waals surface area contributed by atoms with Crippen LogP contribution < -0.4 is 5.73 Å². The monoisotopic (exact) mass is 201 g/mol. The molecule has 1 aromatic rings. The second kappa shape index (κ2) is 4.57. The minimum Gasteiger partial charge on any atom is -0.384 e. The number of nitrogens with two attached hydrogens (primary N) is 1. The molecule has 0 aliphatic rings. The number of nitrogens with zero attached hydrogens (tertiary/aromatic N) is 2. The normalized spacial score (nSPS) is 10.2. The molecule has 0 saturated carbocycles. The molecule has 0 atom stereocenters. The molecule has 0 aliphatic carbocycles. The Labute approximate surface area is 80.6 Å². The molecule has 0 bridgehead atoms. The summed E-state index contributed by atoms with van der Waals surface area (Å²) in [6, 6.07) is 1.77. The number of aromatic nitrogens is 2. The van der Waals surface area contributed by atoms with Gasteiger partial charge in [-0.15, -0.1) is 0 Å². The molecule has 1 rings (SSSR count). The number of rotatable bonds is 3. The van der Waals surface area contributed by atoms with Crippen molar-refractivity contribution in [1.82, 2.24) is 9.97 Å². The van der Waals surface area contributed by atoms with E-state index in [1.54, 1.807) is 29.6 Å². The average Bonchev–Trinajstić information content (AvgIpc) is 1.99. The van der Waals surface area contributed by atoms with Gasteiger partial charge in [-0.05, 0) is 13.2 Å². The molecule has 0 fully saturated rings. The van der Waals surface area contributed by atoms with Gasteiger partial charge in [-0.3, -0.25) is 0 Å². The zero-order chi connectivity index (χ0) is 8.97. The lowest BCUT2D eigenvalue weighted by molar-refractivity contribution is 0.943. The predicted molar refractivity (Wildman–Crippen MR) is 55.4 cm³/mol. The molecule has 0 saturated heterocycles. The van der Waals surface area contributed by atoms with Gasteiger partial charge in [-0.25, -0.2) is 9.97 Å². The third-order valence-electron chi connectivity index (χ3n) is 1.16. The maximum Gasteiger partial charge on any atom is 0.190 e. The van der Waals surface area contributed by atoms with Crippen molar-refractivity contribution in [3.05, 3.63) is 11.8 Å². The lowest BCUT2D eigenvalue weighted by Crippen LogP contribution is -1.96. The molecule has 0 aliphatic heterocycles. The van der Waals surface area contributed by atoms with Crippen molar-refractivity contribution >= 4 is 29.3 Å². The lowest BCUT2D eigenvalue weighted by Gasteiger charge is -2.00. The van der Waals surface area contributed by atoms with Crippen LogP contribution in [-0.2, 0) is 0 Å². The number of hydrogen-bond donors (Lipinski definition) is 1. The Balaban J connectivity index is 2.72. The Hall–Kier alpha value is -0.420. The summed E-state index contributed by atoms with van der Waals surface area (Å²) in [4.78, 5) is 8.32. The summed E-state index contributed by atoms with van der Waals surface area (Å²) in [5, 5.41) is 1.73. The first-order chi connectivity index (χ1) is 5.72. The molecule has 1 aromatic heterocycles. The molecule has 2 N–H and O–H groups in total. The van der Waals surface area contributed by atoms with Gasteiger partial charge in [-0.1, -0.05) is 11.8 Å². The largest absolute Gasteiger partial charge is 0.384 e. The predicted octanol–water partition coefficient (Wildman–Crippen LogP) is 1.78. The summed E-state index contributed by atoms with van der Waals surface area (Å²) in [6.07, 6.45) is 2.05. The van der Waals surface area contributed by atoms with Gasteiger partial charge < -0.3 is 5.73 Å². The zero-order valence-electron chi connectivity index (χ0n) is 7.07. The van der Waals surface area contributed by atoms with Crippen molar-refractivity contribution in [2.24, 2.45) is 0 Å². The molecule has 0 unspecified atom stereocenters. The minimum absolute atomic E-state index is 0.547. The molecule has 0 radical (unpaired) electrons. The average molecular weight is 201 g/mol. The van der Waals surface area contributed by atoms with Crippen LogP contribution in [0.1, 0.15) is 5.69 Å². The van der Waals surface area contributed by atoms with Gasteiger partial charge >= 0.3 is 0 Å². The Morgan fingerprint density at radius 1 is 1.50 bits per heavy atom. The number of nitrogen functional groups attached to an aromatic ring is 1. The first kappa shape index (κ1) is 9.67. The van der Waals surface area contributed by atoms with Crippen LogP contribution in [0.3, 0.4) is 0 Å². The van der Waals surface area contributed by atoms with Crippen molar-refractivity contribution in [3.8, 4) is 0 Å². The van der Waals surface area contributed by atoms with E-state index in [-0.39, 0.29) is 0 Å². The summed E-state index contributed by atoms with van der Waals surface area (Å²) >= 11 is 3.36. The van der Waals surface area contributed by atoms with E-state index in [1.807, 2.05) is 13.2 Å². The molecule has 5 heteroatoms. The minimum atomic E-state index is 0.547. The lowest BCUT2D eigenvalue weighted by atomic mass is 10.4. The van der Waals surface area contributed by atoms with Crippen LogP contribution in [0.15, 0.2) is 11.2 Å². The van der Waals surface area contributed by atoms with Crippen LogP contribution >= 0.6 is 23.5 Å². The molecule has 0 amide bonds. The van der Waals surface area contributed by atoms with Crippen molar-refractivity contribution in [3.63, 3.8) is 0 Å². The Morgan fingerprint density at radius 3 is 2.83 bits per heavy atom. The van der Waals surface area contributed by atoms with E-state index < -0.39 is 0 Å². The Kier molecular flexibility index (Phi) is 3.68. The molecule has 66 valence electrons. The zero-order valence-corrected chi connectivity index (χ0v) is 8.71. The Bertz CT molecular complexity index is 245. The van der Waals surface area contributed by atoms with Crippen LogP contribution in [0, 0.1) is 6.92 Å². The van der Waals surface area contributed by atoms with E-state index in [2.05, 4.69) is 9.97 Å². The van der Waals surface area contributed by atoms with Gasteiger partial charge in [0.2, 0.25) is 0 Å². The SMILES string of the molecule is CSCSc1nc(C)cc(N)n1. The summed E-state index contributed by atoms with van der Waals surface area (Å²) in [5.74, 6) is 0.547. The van der Waals surface area contributed by atoms with Crippen LogP contribution in [-0.4, -0.2) is 21.3 Å². The van der Waals surface area contributed by atoms with Gasteiger partial charge in [0.15, 0.2) is 5.16 Å². The first-order valence-electron chi connectivity index (χ1n) is 3.45. The summed E-state index contributed by atoms with van der Waals surface area (Å²) in [7, 11) is 0. The van der Waals surface area contributed by atoms with Crippen molar-refractivity contribution in [1.29, 1.82) is 0 Å². The van der Waals surface area contributed by atoms with Gasteiger partial charge in [0.25, 0.3) is 0 Å². The number of aryl methyl sites for hydroxylation is 1. The molecule has 1 heterocycles. The maximum atomic E-state index is 5.56. The highest BCUT2D eigenvalue weighted by molar-refractivity contribution is 8.15. The molecular weight excluding hydrogens is 190 g/mol. The highest BCUT2D eigenvalue weighted by atomic mass is 32.2. The fourth-order valence-electron chi connectivity index (χ4n) is 0.741. The fourth-order valence-corrected chi connectivity index (χ4v) is 2.01. The standard InChI is InChI=1S/C7H11N3S2/c1-5-3-6(8)10-7(9-5)12-4-11-2/h3H,4H2,1-2H3,(H2,8,9,10). The van der Waals surface area contributed by atoms with E-state index in [9.17, 15) is 0 Å². The van der Waals surface area contributed by atoms with E-state index in [0.29, 0.717) is 5.82 Å². The topological polar surface area (TPSA) is 51.8 Å². The maximum absolute atomic E-state index is 5.56. The van der Waals surface area contributed by atoms with Gasteiger partial charge in [0.1, 0.15) is 5.82 Å². The Morgan fingerprint density at radius 2 is 2.25 bits per heavy atom. The van der Waals surface area contributed by atoms with Crippen LogP contribution in [0.4, 0.5) is 5.82 Å². The first-order valence-corrected chi connectivity index (χ1v) is 5.83. The summed E-state index contributed by atoms with van der Waals surface area (Å²) in [6.45, 7) is 1.92. The van der Waals surface area contributed by atoms with Crippen molar-refractivity contribution < 1.29 is 0 Å². The highest BCUT2D eigenvalue weighted by Crippen LogP contribution is 2.18. The third kappa shape index (κ3) is 2.91. The molecule has 0 aromatic carbocycles. The van der Waals surface area contributed by atoms with E-state index in [4.69, 9.17) is 5.73 Å². The number of hydrogen-bond acceptors (Lipinski definition) is 5. The number of thioether (sulfide) groups is 2.